The molecule has 0 aliphatic carbocycles. The highest BCUT2D eigenvalue weighted by Crippen LogP contribution is 2.32. The number of pyridine rings is 1. The molecule has 4 heteroatoms. The van der Waals surface area contributed by atoms with Crippen molar-refractivity contribution in [3.05, 3.63) is 67.0 Å². The van der Waals surface area contributed by atoms with E-state index in [0.29, 0.717) is 5.82 Å². The Hall–Kier alpha value is -3.14. The third kappa shape index (κ3) is 2.02. The van der Waals surface area contributed by atoms with Gasteiger partial charge in [0.1, 0.15) is 0 Å². The van der Waals surface area contributed by atoms with Gasteiger partial charge in [-0.25, -0.2) is 0 Å². The zero-order valence-electron chi connectivity index (χ0n) is 11.8. The van der Waals surface area contributed by atoms with Crippen molar-refractivity contribution >= 4 is 16.7 Å². The zero-order chi connectivity index (χ0) is 14.9. The van der Waals surface area contributed by atoms with Crippen molar-refractivity contribution in [3.8, 4) is 22.3 Å². The lowest BCUT2D eigenvalue weighted by Gasteiger charge is -2.06. The van der Waals surface area contributed by atoms with E-state index in [1.807, 2.05) is 24.3 Å². The summed E-state index contributed by atoms with van der Waals surface area (Å²) >= 11 is 0. The zero-order valence-corrected chi connectivity index (χ0v) is 11.8. The molecule has 4 aromatic rings. The fourth-order valence-corrected chi connectivity index (χ4v) is 2.72. The van der Waals surface area contributed by atoms with Crippen LogP contribution in [0.3, 0.4) is 0 Å². The molecule has 2 heterocycles. The number of nitrogens with two attached hydrogens (primary N) is 1. The maximum absolute atomic E-state index is 5.99. The molecule has 0 saturated heterocycles. The first kappa shape index (κ1) is 12.6. The van der Waals surface area contributed by atoms with E-state index >= 15 is 0 Å². The number of H-pyrrole nitrogens is 1. The van der Waals surface area contributed by atoms with E-state index in [4.69, 9.17) is 5.73 Å². The second-order valence-electron chi connectivity index (χ2n) is 5.15. The molecule has 0 unspecified atom stereocenters. The van der Waals surface area contributed by atoms with Gasteiger partial charge in [0, 0.05) is 12.4 Å². The lowest BCUT2D eigenvalue weighted by Crippen LogP contribution is -1.87. The van der Waals surface area contributed by atoms with Crippen LogP contribution in [0.2, 0.25) is 0 Å². The second-order valence-corrected chi connectivity index (χ2v) is 5.15. The van der Waals surface area contributed by atoms with E-state index in [-0.39, 0.29) is 0 Å². The predicted octanol–water partition coefficient (Wildman–Crippen LogP) is 3.87. The number of aromatic nitrogens is 3. The van der Waals surface area contributed by atoms with Gasteiger partial charge in [-0.2, -0.15) is 5.10 Å². The summed E-state index contributed by atoms with van der Waals surface area (Å²) in [5.41, 5.74) is 11.5. The molecule has 0 amide bonds. The van der Waals surface area contributed by atoms with Gasteiger partial charge in [-0.1, -0.05) is 36.4 Å². The predicted molar refractivity (Wildman–Crippen MR) is 89.2 cm³/mol. The number of anilines is 1. The maximum atomic E-state index is 5.99. The van der Waals surface area contributed by atoms with Gasteiger partial charge in [0.05, 0.1) is 10.9 Å². The van der Waals surface area contributed by atoms with Gasteiger partial charge in [0.15, 0.2) is 5.82 Å². The van der Waals surface area contributed by atoms with Crippen LogP contribution in [0, 0.1) is 0 Å². The molecule has 0 bridgehead atoms. The molecule has 0 aliphatic rings. The highest BCUT2D eigenvalue weighted by molar-refractivity contribution is 6.01. The lowest BCUT2D eigenvalue weighted by atomic mass is 9.98. The molecule has 4 nitrogen and oxygen atoms in total. The molecule has 0 atom stereocenters. The van der Waals surface area contributed by atoms with Crippen molar-refractivity contribution in [1.82, 2.24) is 15.2 Å². The molecule has 4 rings (SSSR count). The van der Waals surface area contributed by atoms with Crippen LogP contribution in [0.15, 0.2) is 67.0 Å². The molecule has 22 heavy (non-hydrogen) atoms. The largest absolute Gasteiger partial charge is 0.382 e. The Labute approximate surface area is 127 Å². The van der Waals surface area contributed by atoms with E-state index in [1.54, 1.807) is 12.4 Å². The minimum atomic E-state index is 0.531. The highest BCUT2D eigenvalue weighted by Gasteiger charge is 2.09. The minimum Gasteiger partial charge on any atom is -0.382 e. The average Bonchev–Trinajstić information content (AvgIpc) is 2.97. The van der Waals surface area contributed by atoms with Gasteiger partial charge in [-0.05, 0) is 40.5 Å². The monoisotopic (exact) mass is 286 g/mol. The van der Waals surface area contributed by atoms with Gasteiger partial charge in [0.25, 0.3) is 0 Å². The van der Waals surface area contributed by atoms with Crippen molar-refractivity contribution in [2.45, 2.75) is 0 Å². The Morgan fingerprint density at radius 1 is 0.773 bits per heavy atom. The second kappa shape index (κ2) is 5.00. The third-order valence-electron chi connectivity index (χ3n) is 3.83. The van der Waals surface area contributed by atoms with Gasteiger partial charge in [-0.3, -0.25) is 10.1 Å². The SMILES string of the molecule is Nc1n[nH]c2cccc(-c3ccc(-c4ccncc4)cc3)c12. The number of fused-ring (bicyclic) bond motifs is 1. The lowest BCUT2D eigenvalue weighted by molar-refractivity contribution is 1.13. The summed E-state index contributed by atoms with van der Waals surface area (Å²) in [7, 11) is 0. The van der Waals surface area contributed by atoms with Crippen LogP contribution in [0.25, 0.3) is 33.2 Å². The minimum absolute atomic E-state index is 0.531. The number of benzene rings is 2. The fourth-order valence-electron chi connectivity index (χ4n) is 2.72. The van der Waals surface area contributed by atoms with Crippen molar-refractivity contribution in [2.24, 2.45) is 0 Å². The Bertz CT molecular complexity index is 924. The fraction of sp³-hybridized carbons (Fsp3) is 0. The van der Waals surface area contributed by atoms with Crippen molar-refractivity contribution in [3.63, 3.8) is 0 Å². The van der Waals surface area contributed by atoms with Gasteiger partial charge < -0.3 is 5.73 Å². The first-order chi connectivity index (χ1) is 10.8. The molecule has 106 valence electrons. The highest BCUT2D eigenvalue weighted by atomic mass is 15.1. The van der Waals surface area contributed by atoms with Crippen molar-refractivity contribution < 1.29 is 0 Å². The Kier molecular flexibility index (Phi) is 2.86. The molecular formula is C18H14N4. The Morgan fingerprint density at radius 3 is 2.23 bits per heavy atom. The molecule has 0 saturated carbocycles. The summed E-state index contributed by atoms with van der Waals surface area (Å²) in [5.74, 6) is 0.531. The number of hydrogen-bond acceptors (Lipinski definition) is 3. The van der Waals surface area contributed by atoms with Gasteiger partial charge in [0.2, 0.25) is 0 Å². The quantitative estimate of drug-likeness (QED) is 0.587. The number of rotatable bonds is 2. The van der Waals surface area contributed by atoms with Crippen LogP contribution in [-0.2, 0) is 0 Å². The molecular weight excluding hydrogens is 272 g/mol. The summed E-state index contributed by atoms with van der Waals surface area (Å²) in [6, 6.07) is 18.5. The number of nitrogens with one attached hydrogen (secondary N) is 1. The van der Waals surface area contributed by atoms with Crippen LogP contribution >= 0.6 is 0 Å². The number of hydrogen-bond donors (Lipinski definition) is 2. The average molecular weight is 286 g/mol. The van der Waals surface area contributed by atoms with Gasteiger partial charge >= 0.3 is 0 Å². The number of nitrogen functional groups attached to an aromatic ring is 1. The molecule has 2 aromatic carbocycles. The van der Waals surface area contributed by atoms with Crippen LogP contribution in [-0.4, -0.2) is 15.2 Å². The summed E-state index contributed by atoms with van der Waals surface area (Å²) in [5, 5.41) is 8.02. The topological polar surface area (TPSA) is 67.6 Å². The number of aromatic amines is 1. The molecule has 0 spiro atoms. The van der Waals surface area contributed by atoms with E-state index in [9.17, 15) is 0 Å². The van der Waals surface area contributed by atoms with Crippen LogP contribution in [0.4, 0.5) is 5.82 Å². The van der Waals surface area contributed by atoms with E-state index in [1.165, 1.54) is 5.56 Å². The number of nitrogens with zero attached hydrogens (tertiary/aromatic N) is 2. The first-order valence-electron chi connectivity index (χ1n) is 7.06. The molecule has 0 fully saturated rings. The summed E-state index contributed by atoms with van der Waals surface area (Å²) in [6.45, 7) is 0. The summed E-state index contributed by atoms with van der Waals surface area (Å²) in [4.78, 5) is 4.05. The first-order valence-corrected chi connectivity index (χ1v) is 7.06. The maximum Gasteiger partial charge on any atom is 0.153 e. The molecule has 2 aromatic heterocycles. The van der Waals surface area contributed by atoms with Crippen LogP contribution in [0.5, 0.6) is 0 Å². The third-order valence-corrected chi connectivity index (χ3v) is 3.83. The van der Waals surface area contributed by atoms with Crippen molar-refractivity contribution in [1.29, 1.82) is 0 Å². The molecule has 0 radical (unpaired) electrons. The van der Waals surface area contributed by atoms with Crippen LogP contribution < -0.4 is 5.73 Å². The van der Waals surface area contributed by atoms with Crippen LogP contribution in [0.1, 0.15) is 0 Å². The van der Waals surface area contributed by atoms with E-state index in [0.717, 1.165) is 27.6 Å². The molecule has 0 aliphatic heterocycles. The standard InChI is InChI=1S/C18H14N4/c19-18-17-15(2-1-3-16(17)21-22-18)14-6-4-12(5-7-14)13-8-10-20-11-9-13/h1-11H,(H3,19,21,22). The van der Waals surface area contributed by atoms with Crippen molar-refractivity contribution in [2.75, 3.05) is 5.73 Å². The summed E-state index contributed by atoms with van der Waals surface area (Å²) < 4.78 is 0. The molecule has 3 N–H and O–H groups in total. The van der Waals surface area contributed by atoms with E-state index in [2.05, 4.69) is 45.5 Å². The normalized spacial score (nSPS) is 10.9. The Morgan fingerprint density at radius 2 is 1.45 bits per heavy atom. The smallest absolute Gasteiger partial charge is 0.153 e. The van der Waals surface area contributed by atoms with E-state index < -0.39 is 0 Å². The summed E-state index contributed by atoms with van der Waals surface area (Å²) in [6.07, 6.45) is 3.60. The van der Waals surface area contributed by atoms with Gasteiger partial charge in [-0.15, -0.1) is 0 Å². The Balaban J connectivity index is 1.81.